The Labute approximate surface area is 96.2 Å². The fraction of sp³-hybridized carbons (Fsp3) is 0. The van der Waals surface area contributed by atoms with Crippen molar-refractivity contribution in [3.8, 4) is 0 Å². The summed E-state index contributed by atoms with van der Waals surface area (Å²) in [6.45, 7) is 6.72. The molecule has 0 N–H and O–H groups in total. The van der Waals surface area contributed by atoms with E-state index >= 15 is 0 Å². The molecule has 0 atom stereocenters. The first-order chi connectivity index (χ1) is 7.86. The standard InChI is InChI=1S/C12H8.C4H6/c1-3-9-4-2-6-11-8-7-10(5-1)12(9)11;1-3-4-2/h1-8H;3-4H,1-2H2. The van der Waals surface area contributed by atoms with E-state index in [1.807, 2.05) is 0 Å². The predicted molar refractivity (Wildman–Crippen MR) is 73.3 cm³/mol. The summed E-state index contributed by atoms with van der Waals surface area (Å²) in [7, 11) is 0. The number of benzene rings is 2. The number of rotatable bonds is 1. The van der Waals surface area contributed by atoms with Crippen LogP contribution in [0.2, 0.25) is 0 Å². The first kappa shape index (κ1) is 10.4. The van der Waals surface area contributed by atoms with Crippen LogP contribution in [0.25, 0.3) is 22.9 Å². The van der Waals surface area contributed by atoms with Crippen LogP contribution in [0.1, 0.15) is 11.1 Å². The van der Waals surface area contributed by atoms with Crippen LogP contribution in [0.5, 0.6) is 0 Å². The normalized spacial score (nSPS) is 10.8. The summed E-state index contributed by atoms with van der Waals surface area (Å²) >= 11 is 0. The van der Waals surface area contributed by atoms with Gasteiger partial charge in [0, 0.05) is 0 Å². The van der Waals surface area contributed by atoms with Gasteiger partial charge in [-0.25, -0.2) is 0 Å². The summed E-state index contributed by atoms with van der Waals surface area (Å²) in [5, 5.41) is 2.75. The zero-order valence-corrected chi connectivity index (χ0v) is 9.19. The highest BCUT2D eigenvalue weighted by Gasteiger charge is 2.06. The average Bonchev–Trinajstić information content (AvgIpc) is 2.76. The molecule has 0 fully saturated rings. The van der Waals surface area contributed by atoms with Gasteiger partial charge in [-0.05, 0) is 21.9 Å². The van der Waals surface area contributed by atoms with E-state index in [1.165, 1.54) is 21.9 Å². The van der Waals surface area contributed by atoms with Crippen molar-refractivity contribution < 1.29 is 0 Å². The van der Waals surface area contributed by atoms with Gasteiger partial charge in [-0.1, -0.05) is 73.9 Å². The predicted octanol–water partition coefficient (Wildman–Crippen LogP) is 4.68. The molecule has 2 aromatic carbocycles. The van der Waals surface area contributed by atoms with Crippen molar-refractivity contribution in [2.45, 2.75) is 0 Å². The molecule has 0 nitrogen and oxygen atoms in total. The summed E-state index contributed by atoms with van der Waals surface area (Å²) in [6, 6.07) is 12.9. The molecule has 3 rings (SSSR count). The fourth-order valence-electron chi connectivity index (χ4n) is 1.86. The first-order valence-corrected chi connectivity index (χ1v) is 5.30. The second-order valence-electron chi connectivity index (χ2n) is 3.60. The Kier molecular flexibility index (Phi) is 3.02. The maximum absolute atomic E-state index is 3.36. The molecule has 0 amide bonds. The second kappa shape index (κ2) is 4.63. The number of hydrogen-bond donors (Lipinski definition) is 0. The van der Waals surface area contributed by atoms with Gasteiger partial charge in [0.25, 0.3) is 0 Å². The largest absolute Gasteiger partial charge is 0.0991 e. The van der Waals surface area contributed by atoms with Gasteiger partial charge in [0.15, 0.2) is 0 Å². The van der Waals surface area contributed by atoms with Crippen molar-refractivity contribution in [3.05, 3.63) is 72.8 Å². The maximum Gasteiger partial charge on any atom is -0.00389 e. The molecule has 0 unspecified atom stereocenters. The molecule has 1 aliphatic carbocycles. The van der Waals surface area contributed by atoms with Gasteiger partial charge < -0.3 is 0 Å². The molecule has 0 bridgehead atoms. The Morgan fingerprint density at radius 3 is 1.69 bits per heavy atom. The van der Waals surface area contributed by atoms with Crippen molar-refractivity contribution >= 4 is 22.9 Å². The Hall–Kier alpha value is -2.08. The summed E-state index contributed by atoms with van der Waals surface area (Å²) in [6.07, 6.45) is 7.63. The van der Waals surface area contributed by atoms with Crippen LogP contribution in [-0.4, -0.2) is 0 Å². The molecule has 0 saturated carbocycles. The van der Waals surface area contributed by atoms with Crippen LogP contribution < -0.4 is 0 Å². The Morgan fingerprint density at radius 2 is 1.25 bits per heavy atom. The minimum absolute atomic E-state index is 1.34. The Bertz CT molecular complexity index is 513. The SMILES string of the molecule is C1=Cc2cccc3cccc1c23.C=CC=C. The molecule has 16 heavy (non-hydrogen) atoms. The third-order valence-corrected chi connectivity index (χ3v) is 2.58. The van der Waals surface area contributed by atoms with Gasteiger partial charge in [-0.15, -0.1) is 0 Å². The fourth-order valence-corrected chi connectivity index (χ4v) is 1.86. The van der Waals surface area contributed by atoms with Gasteiger partial charge >= 0.3 is 0 Å². The highest BCUT2D eigenvalue weighted by Crippen LogP contribution is 2.30. The summed E-state index contributed by atoms with van der Waals surface area (Å²) in [4.78, 5) is 0. The molecule has 78 valence electrons. The van der Waals surface area contributed by atoms with Crippen molar-refractivity contribution in [1.82, 2.24) is 0 Å². The Balaban J connectivity index is 0.000000212. The minimum Gasteiger partial charge on any atom is -0.0991 e. The third kappa shape index (κ3) is 1.82. The van der Waals surface area contributed by atoms with E-state index in [1.54, 1.807) is 12.2 Å². The molecule has 0 saturated heterocycles. The second-order valence-corrected chi connectivity index (χ2v) is 3.60. The van der Waals surface area contributed by atoms with Crippen LogP contribution in [0, 0.1) is 0 Å². The van der Waals surface area contributed by atoms with E-state index in [0.717, 1.165) is 0 Å². The van der Waals surface area contributed by atoms with Crippen LogP contribution in [-0.2, 0) is 0 Å². The molecule has 0 aromatic heterocycles. The quantitative estimate of drug-likeness (QED) is 0.507. The lowest BCUT2D eigenvalue weighted by atomic mass is 10.0. The molecule has 1 aliphatic rings. The van der Waals surface area contributed by atoms with Crippen molar-refractivity contribution in [2.75, 3.05) is 0 Å². The summed E-state index contributed by atoms with van der Waals surface area (Å²) in [5.74, 6) is 0. The molecule has 0 heterocycles. The maximum atomic E-state index is 3.36. The van der Waals surface area contributed by atoms with Crippen molar-refractivity contribution in [2.24, 2.45) is 0 Å². The van der Waals surface area contributed by atoms with Crippen LogP contribution in [0.4, 0.5) is 0 Å². The molecule has 0 heteroatoms. The van der Waals surface area contributed by atoms with Gasteiger partial charge in [0.2, 0.25) is 0 Å². The van der Waals surface area contributed by atoms with E-state index in [9.17, 15) is 0 Å². The lowest BCUT2D eigenvalue weighted by Crippen LogP contribution is -1.76. The lowest BCUT2D eigenvalue weighted by molar-refractivity contribution is 1.72. The molecule has 0 radical (unpaired) electrons. The minimum atomic E-state index is 1.34. The summed E-state index contributed by atoms with van der Waals surface area (Å²) < 4.78 is 0. The molecule has 0 aliphatic heterocycles. The third-order valence-electron chi connectivity index (χ3n) is 2.58. The van der Waals surface area contributed by atoms with E-state index in [-0.39, 0.29) is 0 Å². The lowest BCUT2D eigenvalue weighted by Gasteiger charge is -1.99. The van der Waals surface area contributed by atoms with Crippen LogP contribution >= 0.6 is 0 Å². The molecule has 0 spiro atoms. The van der Waals surface area contributed by atoms with Crippen molar-refractivity contribution in [1.29, 1.82) is 0 Å². The van der Waals surface area contributed by atoms with Gasteiger partial charge in [-0.3, -0.25) is 0 Å². The van der Waals surface area contributed by atoms with Crippen LogP contribution in [0.15, 0.2) is 61.7 Å². The molecular formula is C16H14. The number of hydrogen-bond acceptors (Lipinski definition) is 0. The van der Waals surface area contributed by atoms with E-state index in [0.29, 0.717) is 0 Å². The average molecular weight is 206 g/mol. The van der Waals surface area contributed by atoms with E-state index in [4.69, 9.17) is 0 Å². The van der Waals surface area contributed by atoms with Gasteiger partial charge in [0.05, 0.1) is 0 Å². The first-order valence-electron chi connectivity index (χ1n) is 5.30. The monoisotopic (exact) mass is 206 g/mol. The zero-order chi connectivity index (χ0) is 11.4. The molecular weight excluding hydrogens is 192 g/mol. The van der Waals surface area contributed by atoms with Crippen molar-refractivity contribution in [3.63, 3.8) is 0 Å². The molecule has 2 aromatic rings. The van der Waals surface area contributed by atoms with Crippen LogP contribution in [0.3, 0.4) is 0 Å². The zero-order valence-electron chi connectivity index (χ0n) is 9.19. The summed E-state index contributed by atoms with van der Waals surface area (Å²) in [5.41, 5.74) is 2.70. The van der Waals surface area contributed by atoms with E-state index in [2.05, 4.69) is 61.7 Å². The van der Waals surface area contributed by atoms with Gasteiger partial charge in [0.1, 0.15) is 0 Å². The van der Waals surface area contributed by atoms with Gasteiger partial charge in [-0.2, -0.15) is 0 Å². The Morgan fingerprint density at radius 1 is 0.750 bits per heavy atom. The highest BCUT2D eigenvalue weighted by molar-refractivity contribution is 6.04. The highest BCUT2D eigenvalue weighted by atomic mass is 14.1. The number of allylic oxidation sites excluding steroid dienone is 2. The topological polar surface area (TPSA) is 0 Å². The van der Waals surface area contributed by atoms with E-state index < -0.39 is 0 Å². The smallest absolute Gasteiger partial charge is 0.00389 e.